The standard InChI is InChI=1S/C15H17BrFN3O2/c1-2-20-10-11(8-18-20)9-19(5-6-21)15(22)13-7-12(17)3-4-14(13)16/h3-4,7-8,10,21H,2,5-6,9H2,1H3. The summed E-state index contributed by atoms with van der Waals surface area (Å²) in [5.74, 6) is -0.820. The predicted octanol–water partition coefficient (Wildman–Crippen LogP) is 2.44. The van der Waals surface area contributed by atoms with Gasteiger partial charge in [0.2, 0.25) is 0 Å². The number of hydrogen-bond donors (Lipinski definition) is 1. The average molecular weight is 370 g/mol. The maximum absolute atomic E-state index is 13.4. The average Bonchev–Trinajstić information content (AvgIpc) is 2.96. The molecule has 0 aliphatic rings. The molecule has 2 rings (SSSR count). The van der Waals surface area contributed by atoms with Crippen LogP contribution in [0, 0.1) is 5.82 Å². The van der Waals surface area contributed by atoms with Crippen LogP contribution in [0.1, 0.15) is 22.8 Å². The maximum atomic E-state index is 13.4. The van der Waals surface area contributed by atoms with E-state index in [1.54, 1.807) is 10.9 Å². The summed E-state index contributed by atoms with van der Waals surface area (Å²) in [6, 6.07) is 3.96. The van der Waals surface area contributed by atoms with Gasteiger partial charge in [0.15, 0.2) is 0 Å². The second kappa shape index (κ2) is 7.51. The number of rotatable bonds is 6. The van der Waals surface area contributed by atoms with Crippen LogP contribution < -0.4 is 0 Å². The first kappa shape index (κ1) is 16.6. The largest absolute Gasteiger partial charge is 0.395 e. The fraction of sp³-hybridized carbons (Fsp3) is 0.333. The Bertz CT molecular complexity index is 660. The first-order chi connectivity index (χ1) is 10.5. The molecule has 5 nitrogen and oxygen atoms in total. The van der Waals surface area contributed by atoms with Crippen LogP contribution in [-0.4, -0.2) is 38.8 Å². The lowest BCUT2D eigenvalue weighted by molar-refractivity contribution is 0.0706. The summed E-state index contributed by atoms with van der Waals surface area (Å²) in [5.41, 5.74) is 1.09. The number of aryl methyl sites for hydroxylation is 1. The lowest BCUT2D eigenvalue weighted by atomic mass is 10.2. The molecule has 0 aliphatic carbocycles. The summed E-state index contributed by atoms with van der Waals surface area (Å²) < 4.78 is 15.7. The van der Waals surface area contributed by atoms with Crippen molar-refractivity contribution in [2.75, 3.05) is 13.2 Å². The molecule has 1 N–H and O–H groups in total. The van der Waals surface area contributed by atoms with Gasteiger partial charge in [0.05, 0.1) is 18.4 Å². The Morgan fingerprint density at radius 1 is 1.50 bits per heavy atom. The minimum absolute atomic E-state index is 0.166. The van der Waals surface area contributed by atoms with Crippen molar-refractivity contribution in [1.82, 2.24) is 14.7 Å². The molecule has 22 heavy (non-hydrogen) atoms. The molecule has 0 aliphatic heterocycles. The Morgan fingerprint density at radius 2 is 2.27 bits per heavy atom. The van der Waals surface area contributed by atoms with Crippen LogP contribution in [0.3, 0.4) is 0 Å². The Morgan fingerprint density at radius 3 is 2.91 bits per heavy atom. The minimum atomic E-state index is -0.477. The molecule has 0 fully saturated rings. The lowest BCUT2D eigenvalue weighted by Gasteiger charge is -2.21. The van der Waals surface area contributed by atoms with Crippen LogP contribution in [0.4, 0.5) is 4.39 Å². The zero-order chi connectivity index (χ0) is 16.1. The van der Waals surface area contributed by atoms with E-state index >= 15 is 0 Å². The molecule has 1 amide bonds. The van der Waals surface area contributed by atoms with Gasteiger partial charge in [-0.25, -0.2) is 4.39 Å². The number of aliphatic hydroxyl groups is 1. The van der Waals surface area contributed by atoms with E-state index in [0.717, 1.165) is 12.1 Å². The van der Waals surface area contributed by atoms with E-state index in [4.69, 9.17) is 0 Å². The number of hydrogen-bond acceptors (Lipinski definition) is 3. The molecule has 0 saturated carbocycles. The molecule has 7 heteroatoms. The van der Waals surface area contributed by atoms with Gasteiger partial charge in [-0.05, 0) is 41.1 Å². The molecule has 2 aromatic rings. The summed E-state index contributed by atoms with van der Waals surface area (Å²) in [4.78, 5) is 14.0. The third kappa shape index (κ3) is 3.92. The smallest absolute Gasteiger partial charge is 0.255 e. The number of benzene rings is 1. The van der Waals surface area contributed by atoms with Crippen molar-refractivity contribution >= 4 is 21.8 Å². The number of halogens is 2. The number of nitrogens with zero attached hydrogens (tertiary/aromatic N) is 3. The lowest BCUT2D eigenvalue weighted by Crippen LogP contribution is -2.33. The van der Waals surface area contributed by atoms with E-state index in [1.807, 2.05) is 13.1 Å². The molecule has 0 unspecified atom stereocenters. The normalized spacial score (nSPS) is 10.7. The van der Waals surface area contributed by atoms with Gasteiger partial charge >= 0.3 is 0 Å². The van der Waals surface area contributed by atoms with Gasteiger partial charge in [-0.3, -0.25) is 9.48 Å². The molecule has 1 heterocycles. The van der Waals surface area contributed by atoms with E-state index in [9.17, 15) is 14.3 Å². The van der Waals surface area contributed by atoms with Crippen molar-refractivity contribution in [3.63, 3.8) is 0 Å². The number of aromatic nitrogens is 2. The summed E-state index contributed by atoms with van der Waals surface area (Å²) in [7, 11) is 0. The van der Waals surface area contributed by atoms with E-state index in [0.29, 0.717) is 11.0 Å². The SMILES string of the molecule is CCn1cc(CN(CCO)C(=O)c2cc(F)ccc2Br)cn1. The van der Waals surface area contributed by atoms with Gasteiger partial charge in [0.1, 0.15) is 5.82 Å². The highest BCUT2D eigenvalue weighted by Crippen LogP contribution is 2.20. The number of carbonyl (C=O) groups excluding carboxylic acids is 1. The van der Waals surface area contributed by atoms with Crippen molar-refractivity contribution < 1.29 is 14.3 Å². The van der Waals surface area contributed by atoms with Gasteiger partial charge in [0.25, 0.3) is 5.91 Å². The fourth-order valence-electron chi connectivity index (χ4n) is 2.09. The number of carbonyl (C=O) groups is 1. The van der Waals surface area contributed by atoms with Crippen LogP contribution in [0.15, 0.2) is 35.1 Å². The third-order valence-electron chi connectivity index (χ3n) is 3.20. The van der Waals surface area contributed by atoms with Gasteiger partial charge < -0.3 is 10.0 Å². The van der Waals surface area contributed by atoms with Gasteiger partial charge in [0, 0.05) is 35.9 Å². The first-order valence-corrected chi connectivity index (χ1v) is 7.71. The number of aliphatic hydroxyl groups excluding tert-OH is 1. The molecule has 1 aromatic carbocycles. The molecule has 0 saturated heterocycles. The monoisotopic (exact) mass is 369 g/mol. The predicted molar refractivity (Wildman–Crippen MR) is 83.8 cm³/mol. The summed E-state index contributed by atoms with van der Waals surface area (Å²) in [5, 5.41) is 13.3. The molecule has 0 bridgehead atoms. The second-order valence-corrected chi connectivity index (χ2v) is 5.63. The molecule has 118 valence electrons. The molecule has 0 radical (unpaired) electrons. The zero-order valence-electron chi connectivity index (χ0n) is 12.2. The van der Waals surface area contributed by atoms with Crippen LogP contribution in [0.25, 0.3) is 0 Å². The van der Waals surface area contributed by atoms with E-state index in [-0.39, 0.29) is 24.6 Å². The molecular formula is C15H17BrFN3O2. The highest BCUT2D eigenvalue weighted by molar-refractivity contribution is 9.10. The Kier molecular flexibility index (Phi) is 5.68. The summed E-state index contributed by atoms with van der Waals surface area (Å²) in [6.07, 6.45) is 3.53. The number of amides is 1. The molecular weight excluding hydrogens is 353 g/mol. The highest BCUT2D eigenvalue weighted by atomic mass is 79.9. The summed E-state index contributed by atoms with van der Waals surface area (Å²) >= 11 is 3.26. The van der Waals surface area contributed by atoms with E-state index in [1.165, 1.54) is 23.1 Å². The van der Waals surface area contributed by atoms with Crippen LogP contribution in [0.5, 0.6) is 0 Å². The van der Waals surface area contributed by atoms with E-state index in [2.05, 4.69) is 21.0 Å². The van der Waals surface area contributed by atoms with Crippen LogP contribution in [-0.2, 0) is 13.1 Å². The third-order valence-corrected chi connectivity index (χ3v) is 3.89. The Labute approximate surface area is 136 Å². The van der Waals surface area contributed by atoms with Gasteiger partial charge in [-0.2, -0.15) is 5.10 Å². The quantitative estimate of drug-likeness (QED) is 0.850. The van der Waals surface area contributed by atoms with Gasteiger partial charge in [-0.15, -0.1) is 0 Å². The van der Waals surface area contributed by atoms with Crippen molar-refractivity contribution in [3.05, 3.63) is 52.0 Å². The summed E-state index contributed by atoms with van der Waals surface area (Å²) in [6.45, 7) is 3.02. The maximum Gasteiger partial charge on any atom is 0.255 e. The molecule has 0 spiro atoms. The highest BCUT2D eigenvalue weighted by Gasteiger charge is 2.19. The Balaban J connectivity index is 2.22. The topological polar surface area (TPSA) is 58.4 Å². The first-order valence-electron chi connectivity index (χ1n) is 6.91. The van der Waals surface area contributed by atoms with Crippen molar-refractivity contribution in [2.24, 2.45) is 0 Å². The minimum Gasteiger partial charge on any atom is -0.395 e. The second-order valence-electron chi connectivity index (χ2n) is 4.78. The van der Waals surface area contributed by atoms with Crippen molar-refractivity contribution in [3.8, 4) is 0 Å². The van der Waals surface area contributed by atoms with Crippen molar-refractivity contribution in [1.29, 1.82) is 0 Å². The van der Waals surface area contributed by atoms with E-state index < -0.39 is 5.82 Å². The van der Waals surface area contributed by atoms with Crippen LogP contribution in [0.2, 0.25) is 0 Å². The zero-order valence-corrected chi connectivity index (χ0v) is 13.8. The van der Waals surface area contributed by atoms with Crippen LogP contribution >= 0.6 is 15.9 Å². The fourth-order valence-corrected chi connectivity index (χ4v) is 2.50. The van der Waals surface area contributed by atoms with Gasteiger partial charge in [-0.1, -0.05) is 0 Å². The molecule has 1 aromatic heterocycles. The Hall–Kier alpha value is -1.73. The van der Waals surface area contributed by atoms with Crippen molar-refractivity contribution in [2.45, 2.75) is 20.0 Å². The molecule has 0 atom stereocenters.